The first-order valence-corrected chi connectivity index (χ1v) is 5.54. The van der Waals surface area contributed by atoms with Crippen molar-refractivity contribution in [1.82, 2.24) is 15.5 Å². The maximum absolute atomic E-state index is 11.7. The first-order chi connectivity index (χ1) is 7.27. The van der Waals surface area contributed by atoms with Gasteiger partial charge < -0.3 is 5.32 Å². The lowest BCUT2D eigenvalue weighted by Crippen LogP contribution is -2.28. The van der Waals surface area contributed by atoms with Gasteiger partial charge in [0.2, 0.25) is 5.91 Å². The molecule has 0 saturated heterocycles. The van der Waals surface area contributed by atoms with Crippen LogP contribution in [-0.4, -0.2) is 16.1 Å². The minimum atomic E-state index is 0.202. The number of hydrogen-bond acceptors (Lipinski definition) is 2. The molecule has 82 valence electrons. The molecule has 2 N–H and O–H groups in total. The predicted molar refractivity (Wildman–Crippen MR) is 57.1 cm³/mol. The number of nitrogens with zero attached hydrogens (tertiary/aromatic N) is 1. The summed E-state index contributed by atoms with van der Waals surface area (Å²) in [6, 6.07) is 0. The van der Waals surface area contributed by atoms with E-state index in [1.54, 1.807) is 6.20 Å². The highest BCUT2D eigenvalue weighted by atomic mass is 16.1. The summed E-state index contributed by atoms with van der Waals surface area (Å²) in [7, 11) is 0. The fourth-order valence-corrected chi connectivity index (χ4v) is 2.07. The van der Waals surface area contributed by atoms with Crippen LogP contribution in [-0.2, 0) is 11.3 Å². The molecule has 0 bridgehead atoms. The molecule has 4 nitrogen and oxygen atoms in total. The number of aromatic amines is 1. The van der Waals surface area contributed by atoms with Crippen LogP contribution in [0.25, 0.3) is 0 Å². The summed E-state index contributed by atoms with van der Waals surface area (Å²) in [6.45, 7) is 2.56. The molecule has 15 heavy (non-hydrogen) atoms. The molecule has 1 amide bonds. The summed E-state index contributed by atoms with van der Waals surface area (Å²) in [5, 5.41) is 9.75. The van der Waals surface area contributed by atoms with Crippen LogP contribution in [0.1, 0.15) is 36.9 Å². The molecule has 1 heterocycles. The molecule has 2 rings (SSSR count). The van der Waals surface area contributed by atoms with Crippen LogP contribution in [0.4, 0.5) is 0 Å². The van der Waals surface area contributed by atoms with Crippen molar-refractivity contribution in [2.45, 2.75) is 39.2 Å². The van der Waals surface area contributed by atoms with Crippen molar-refractivity contribution in [3.8, 4) is 0 Å². The van der Waals surface area contributed by atoms with Gasteiger partial charge in [-0.1, -0.05) is 12.8 Å². The number of nitrogens with one attached hydrogen (secondary N) is 2. The molecule has 1 aromatic rings. The first-order valence-electron chi connectivity index (χ1n) is 5.54. The van der Waals surface area contributed by atoms with E-state index in [0.717, 1.165) is 24.1 Å². The Morgan fingerprint density at radius 3 is 2.93 bits per heavy atom. The predicted octanol–water partition coefficient (Wildman–Crippen LogP) is 1.52. The van der Waals surface area contributed by atoms with Gasteiger partial charge in [-0.25, -0.2) is 0 Å². The fraction of sp³-hybridized carbons (Fsp3) is 0.636. The zero-order chi connectivity index (χ0) is 10.7. The summed E-state index contributed by atoms with van der Waals surface area (Å²) in [5.74, 6) is 0.449. The average molecular weight is 207 g/mol. The Morgan fingerprint density at radius 1 is 1.60 bits per heavy atom. The van der Waals surface area contributed by atoms with Crippen LogP contribution in [0.5, 0.6) is 0 Å². The molecule has 0 radical (unpaired) electrons. The molecule has 0 aromatic carbocycles. The number of H-pyrrole nitrogens is 1. The lowest BCUT2D eigenvalue weighted by molar-refractivity contribution is -0.124. The van der Waals surface area contributed by atoms with Gasteiger partial charge in [-0.05, 0) is 19.8 Å². The molecule has 4 heteroatoms. The molecular formula is C11H17N3O. The molecule has 1 aliphatic rings. The molecule has 0 unspecified atom stereocenters. The van der Waals surface area contributed by atoms with Gasteiger partial charge in [0.25, 0.3) is 0 Å². The molecule has 1 aliphatic carbocycles. The van der Waals surface area contributed by atoms with Crippen molar-refractivity contribution >= 4 is 5.91 Å². The number of aryl methyl sites for hydroxylation is 1. The van der Waals surface area contributed by atoms with Gasteiger partial charge in [-0.3, -0.25) is 9.89 Å². The third-order valence-corrected chi connectivity index (χ3v) is 3.11. The van der Waals surface area contributed by atoms with Crippen molar-refractivity contribution in [1.29, 1.82) is 0 Å². The van der Waals surface area contributed by atoms with Gasteiger partial charge in [-0.15, -0.1) is 0 Å². The van der Waals surface area contributed by atoms with Crippen LogP contribution >= 0.6 is 0 Å². The summed E-state index contributed by atoms with van der Waals surface area (Å²) in [4.78, 5) is 11.7. The van der Waals surface area contributed by atoms with E-state index in [1.165, 1.54) is 12.8 Å². The lowest BCUT2D eigenvalue weighted by Gasteiger charge is -2.09. The van der Waals surface area contributed by atoms with Gasteiger partial charge in [0.15, 0.2) is 0 Å². The van der Waals surface area contributed by atoms with Gasteiger partial charge >= 0.3 is 0 Å². The van der Waals surface area contributed by atoms with E-state index in [4.69, 9.17) is 0 Å². The van der Waals surface area contributed by atoms with Crippen molar-refractivity contribution in [2.75, 3.05) is 0 Å². The second-order valence-corrected chi connectivity index (χ2v) is 4.22. The molecular weight excluding hydrogens is 190 g/mol. The normalized spacial score (nSPS) is 16.9. The maximum atomic E-state index is 11.7. The third-order valence-electron chi connectivity index (χ3n) is 3.11. The summed E-state index contributed by atoms with van der Waals surface area (Å²) in [5.41, 5.74) is 2.10. The van der Waals surface area contributed by atoms with Crippen LogP contribution in [0.2, 0.25) is 0 Å². The maximum Gasteiger partial charge on any atom is 0.223 e. The molecule has 0 spiro atoms. The first kappa shape index (κ1) is 10.2. The largest absolute Gasteiger partial charge is 0.352 e. The standard InChI is InChI=1S/C11H17N3O/c1-8-10(7-13-14-8)6-12-11(15)9-4-2-3-5-9/h7,9H,2-6H2,1H3,(H,12,15)(H,13,14). The fourth-order valence-electron chi connectivity index (χ4n) is 2.07. The van der Waals surface area contributed by atoms with E-state index >= 15 is 0 Å². The summed E-state index contributed by atoms with van der Waals surface area (Å²) >= 11 is 0. The van der Waals surface area contributed by atoms with Gasteiger partial charge in [0.05, 0.1) is 6.20 Å². The molecule has 1 aromatic heterocycles. The number of carbonyl (C=O) groups is 1. The van der Waals surface area contributed by atoms with Crippen molar-refractivity contribution in [2.24, 2.45) is 5.92 Å². The van der Waals surface area contributed by atoms with E-state index < -0.39 is 0 Å². The monoisotopic (exact) mass is 207 g/mol. The molecule has 1 saturated carbocycles. The Hall–Kier alpha value is -1.32. The summed E-state index contributed by atoms with van der Waals surface area (Å²) in [6.07, 6.45) is 6.27. The van der Waals surface area contributed by atoms with E-state index in [9.17, 15) is 4.79 Å². The number of amides is 1. The lowest BCUT2D eigenvalue weighted by atomic mass is 10.1. The van der Waals surface area contributed by atoms with Crippen LogP contribution in [0, 0.1) is 12.8 Å². The Morgan fingerprint density at radius 2 is 2.33 bits per heavy atom. The van der Waals surface area contributed by atoms with Crippen LogP contribution in [0.3, 0.4) is 0 Å². The molecule has 0 aliphatic heterocycles. The second kappa shape index (κ2) is 4.47. The minimum Gasteiger partial charge on any atom is -0.352 e. The van der Waals surface area contributed by atoms with Gasteiger partial charge in [0, 0.05) is 23.7 Å². The van der Waals surface area contributed by atoms with Gasteiger partial charge in [-0.2, -0.15) is 5.10 Å². The Balaban J connectivity index is 1.83. The van der Waals surface area contributed by atoms with Crippen molar-refractivity contribution < 1.29 is 4.79 Å². The number of rotatable bonds is 3. The highest BCUT2D eigenvalue weighted by Crippen LogP contribution is 2.24. The smallest absolute Gasteiger partial charge is 0.223 e. The van der Waals surface area contributed by atoms with Crippen molar-refractivity contribution in [3.63, 3.8) is 0 Å². The SMILES string of the molecule is Cc1[nH]ncc1CNC(=O)C1CCCC1. The number of aromatic nitrogens is 2. The van der Waals surface area contributed by atoms with E-state index in [0.29, 0.717) is 6.54 Å². The number of carbonyl (C=O) groups excluding carboxylic acids is 1. The van der Waals surface area contributed by atoms with Gasteiger partial charge in [0.1, 0.15) is 0 Å². The van der Waals surface area contributed by atoms with Crippen LogP contribution < -0.4 is 5.32 Å². The summed E-state index contributed by atoms with van der Waals surface area (Å²) < 4.78 is 0. The highest BCUT2D eigenvalue weighted by Gasteiger charge is 2.22. The third kappa shape index (κ3) is 2.37. The van der Waals surface area contributed by atoms with E-state index in [1.807, 2.05) is 6.92 Å². The quantitative estimate of drug-likeness (QED) is 0.789. The molecule has 1 fully saturated rings. The number of hydrogen-bond donors (Lipinski definition) is 2. The Labute approximate surface area is 89.5 Å². The molecule has 0 atom stereocenters. The topological polar surface area (TPSA) is 57.8 Å². The van der Waals surface area contributed by atoms with E-state index in [2.05, 4.69) is 15.5 Å². The minimum absolute atomic E-state index is 0.202. The van der Waals surface area contributed by atoms with E-state index in [-0.39, 0.29) is 11.8 Å². The van der Waals surface area contributed by atoms with Crippen molar-refractivity contribution in [3.05, 3.63) is 17.5 Å². The Kier molecular flexibility index (Phi) is 3.04. The zero-order valence-electron chi connectivity index (χ0n) is 9.05. The highest BCUT2D eigenvalue weighted by molar-refractivity contribution is 5.78. The van der Waals surface area contributed by atoms with Crippen LogP contribution in [0.15, 0.2) is 6.20 Å². The Bertz CT molecular complexity index is 339. The zero-order valence-corrected chi connectivity index (χ0v) is 9.05. The second-order valence-electron chi connectivity index (χ2n) is 4.22. The average Bonchev–Trinajstić information content (AvgIpc) is 2.85.